The number of nitrogens with one attached hydrogen (secondary N) is 1. The SMILES string of the molecule is CC(C)(C)CC1C(SC(C)(C)C)=Nc2c1ccc(O)c2N1CCN(C(=O)CCCCCNC(=O)CCCCCN2C(=O)C=CC2=O)CC1. The van der Waals surface area contributed by atoms with Crippen LogP contribution in [0.5, 0.6) is 5.75 Å². The lowest BCUT2D eigenvalue weighted by Gasteiger charge is -2.37. The number of carbonyl (C=O) groups is 4. The Labute approximate surface area is 290 Å². The van der Waals surface area contributed by atoms with Gasteiger partial charge < -0.3 is 20.2 Å². The molecular weight excluding hydrogens is 627 g/mol. The van der Waals surface area contributed by atoms with E-state index in [1.165, 1.54) is 22.6 Å². The summed E-state index contributed by atoms with van der Waals surface area (Å²) in [6.45, 7) is 16.9. The highest BCUT2D eigenvalue weighted by Gasteiger charge is 2.37. The Balaban J connectivity index is 1.16. The fourth-order valence-corrected chi connectivity index (χ4v) is 7.57. The van der Waals surface area contributed by atoms with Crippen LogP contribution in [0, 0.1) is 5.41 Å². The summed E-state index contributed by atoms with van der Waals surface area (Å²) in [6, 6.07) is 3.85. The predicted octanol–water partition coefficient (Wildman–Crippen LogP) is 6.30. The number of phenolic OH excluding ortho intramolecular Hbond substituents is 1. The van der Waals surface area contributed by atoms with Crippen molar-refractivity contribution in [2.75, 3.05) is 44.2 Å². The summed E-state index contributed by atoms with van der Waals surface area (Å²) in [5.74, 6) is 0.0783. The Hall–Kier alpha value is -3.34. The first-order valence-electron chi connectivity index (χ1n) is 17.6. The minimum atomic E-state index is -0.265. The van der Waals surface area contributed by atoms with Gasteiger partial charge in [-0.2, -0.15) is 0 Å². The number of carbonyl (C=O) groups excluding carboxylic acids is 4. The van der Waals surface area contributed by atoms with Crippen LogP contribution in [0.2, 0.25) is 0 Å². The molecule has 0 spiro atoms. The van der Waals surface area contributed by atoms with Crippen molar-refractivity contribution in [2.24, 2.45) is 10.4 Å². The van der Waals surface area contributed by atoms with E-state index in [1.807, 2.05) is 28.8 Å². The van der Waals surface area contributed by atoms with Crippen LogP contribution in [0.3, 0.4) is 0 Å². The Morgan fingerprint density at radius 2 is 1.54 bits per heavy atom. The third kappa shape index (κ3) is 10.6. The minimum absolute atomic E-state index is 0.00799. The average molecular weight is 682 g/mol. The van der Waals surface area contributed by atoms with Gasteiger partial charge in [0.1, 0.15) is 11.4 Å². The number of unbranched alkanes of at least 4 members (excludes halogenated alkanes) is 4. The topological polar surface area (TPSA) is 123 Å². The number of benzene rings is 1. The maximum atomic E-state index is 13.0. The molecule has 1 aromatic rings. The van der Waals surface area contributed by atoms with Crippen LogP contribution in [0.15, 0.2) is 29.3 Å². The van der Waals surface area contributed by atoms with Crippen LogP contribution in [0.1, 0.15) is 111 Å². The molecule has 0 aromatic heterocycles. The molecule has 1 saturated heterocycles. The first-order chi connectivity index (χ1) is 22.6. The van der Waals surface area contributed by atoms with E-state index in [2.05, 4.69) is 51.8 Å². The summed E-state index contributed by atoms with van der Waals surface area (Å²) >= 11 is 1.81. The Morgan fingerprint density at radius 1 is 0.896 bits per heavy atom. The van der Waals surface area contributed by atoms with Gasteiger partial charge in [0.25, 0.3) is 11.8 Å². The highest BCUT2D eigenvalue weighted by Crippen LogP contribution is 2.52. The standard InChI is InChI=1S/C37H55N5O5S/c1-36(2,3)25-27-26-15-16-28(43)34(33(26)39-35(27)48-37(4,5)6)41-23-21-40(22-24-41)30(45)14-10-7-11-19-38-29(44)13-9-8-12-20-42-31(46)17-18-32(42)47/h15-18,27,43H,7-14,19-25H2,1-6H3,(H,38,44). The molecule has 11 heteroatoms. The number of piperazine rings is 1. The number of hydrogen-bond donors (Lipinski definition) is 2. The third-order valence-corrected chi connectivity index (χ3v) is 10.0. The second-order valence-electron chi connectivity index (χ2n) is 15.4. The molecular formula is C37H55N5O5S. The van der Waals surface area contributed by atoms with Crippen molar-refractivity contribution in [1.29, 1.82) is 0 Å². The van der Waals surface area contributed by atoms with Gasteiger partial charge in [-0.25, -0.2) is 4.99 Å². The van der Waals surface area contributed by atoms with E-state index in [-0.39, 0.29) is 45.5 Å². The molecule has 0 radical (unpaired) electrons. The first kappa shape index (κ1) is 37.5. The van der Waals surface area contributed by atoms with E-state index in [1.54, 1.807) is 0 Å². The van der Waals surface area contributed by atoms with Crippen molar-refractivity contribution < 1.29 is 24.3 Å². The van der Waals surface area contributed by atoms with Crippen molar-refractivity contribution in [3.05, 3.63) is 29.8 Å². The summed E-state index contributed by atoms with van der Waals surface area (Å²) in [5.41, 5.74) is 2.98. The molecule has 0 bridgehead atoms. The molecule has 4 rings (SSSR count). The van der Waals surface area contributed by atoms with Crippen molar-refractivity contribution in [3.63, 3.8) is 0 Å². The van der Waals surface area contributed by atoms with Crippen LogP contribution in [0.25, 0.3) is 0 Å². The van der Waals surface area contributed by atoms with Crippen LogP contribution in [-0.2, 0) is 19.2 Å². The molecule has 3 heterocycles. The highest BCUT2D eigenvalue weighted by atomic mass is 32.2. The van der Waals surface area contributed by atoms with Gasteiger partial charge in [-0.15, -0.1) is 11.8 Å². The molecule has 1 unspecified atom stereocenters. The lowest BCUT2D eigenvalue weighted by molar-refractivity contribution is -0.137. The lowest BCUT2D eigenvalue weighted by atomic mass is 9.82. The van der Waals surface area contributed by atoms with Crippen LogP contribution in [-0.4, -0.2) is 87.6 Å². The molecule has 264 valence electrons. The lowest BCUT2D eigenvalue weighted by Crippen LogP contribution is -2.48. The van der Waals surface area contributed by atoms with Gasteiger partial charge in [0, 0.05) is 74.9 Å². The summed E-state index contributed by atoms with van der Waals surface area (Å²) < 4.78 is 0.0281. The Morgan fingerprint density at radius 3 is 2.19 bits per heavy atom. The van der Waals surface area contributed by atoms with Crippen LogP contribution >= 0.6 is 11.8 Å². The molecule has 48 heavy (non-hydrogen) atoms. The fourth-order valence-electron chi connectivity index (χ4n) is 6.45. The Bertz CT molecular complexity index is 1380. The molecule has 0 saturated carbocycles. The van der Waals surface area contributed by atoms with E-state index in [9.17, 15) is 24.3 Å². The number of phenols is 1. The van der Waals surface area contributed by atoms with Gasteiger partial charge in [-0.1, -0.05) is 60.5 Å². The number of rotatable bonds is 14. The van der Waals surface area contributed by atoms with Gasteiger partial charge >= 0.3 is 0 Å². The van der Waals surface area contributed by atoms with Crippen molar-refractivity contribution in [3.8, 4) is 5.75 Å². The molecule has 4 amide bonds. The second-order valence-corrected chi connectivity index (χ2v) is 17.2. The molecule has 1 aromatic carbocycles. The van der Waals surface area contributed by atoms with Crippen molar-refractivity contribution in [2.45, 2.75) is 110 Å². The first-order valence-corrected chi connectivity index (χ1v) is 18.4. The second kappa shape index (κ2) is 16.4. The van der Waals surface area contributed by atoms with E-state index in [0.29, 0.717) is 65.0 Å². The molecule has 3 aliphatic heterocycles. The van der Waals surface area contributed by atoms with Crippen molar-refractivity contribution in [1.82, 2.24) is 15.1 Å². The van der Waals surface area contributed by atoms with Gasteiger partial charge in [0.2, 0.25) is 11.8 Å². The van der Waals surface area contributed by atoms with E-state index >= 15 is 0 Å². The monoisotopic (exact) mass is 681 g/mol. The number of fused-ring (bicyclic) bond motifs is 1. The number of amides is 4. The average Bonchev–Trinajstić information content (AvgIpc) is 3.50. The third-order valence-electron chi connectivity index (χ3n) is 8.81. The minimum Gasteiger partial charge on any atom is -0.506 e. The van der Waals surface area contributed by atoms with Crippen molar-refractivity contribution >= 4 is 51.8 Å². The molecule has 10 nitrogen and oxygen atoms in total. The quantitative estimate of drug-likeness (QED) is 0.175. The number of anilines is 1. The number of nitrogens with zero attached hydrogens (tertiary/aromatic N) is 4. The number of aliphatic imine (C=N–C) groups is 1. The van der Waals surface area contributed by atoms with E-state index < -0.39 is 0 Å². The zero-order valence-corrected chi connectivity index (χ0v) is 30.6. The summed E-state index contributed by atoms with van der Waals surface area (Å²) in [7, 11) is 0. The summed E-state index contributed by atoms with van der Waals surface area (Å²) in [4.78, 5) is 58.8. The maximum absolute atomic E-state index is 13.0. The van der Waals surface area contributed by atoms with E-state index in [0.717, 1.165) is 48.5 Å². The molecule has 1 atom stereocenters. The number of aromatic hydroxyl groups is 1. The van der Waals surface area contributed by atoms with Gasteiger partial charge in [0.15, 0.2) is 0 Å². The fraction of sp³-hybridized carbons (Fsp3) is 0.649. The highest BCUT2D eigenvalue weighted by molar-refractivity contribution is 8.15. The summed E-state index contributed by atoms with van der Waals surface area (Å²) in [6.07, 6.45) is 9.12. The smallest absolute Gasteiger partial charge is 0.253 e. The van der Waals surface area contributed by atoms with E-state index in [4.69, 9.17) is 4.99 Å². The maximum Gasteiger partial charge on any atom is 0.253 e. The molecule has 2 N–H and O–H groups in total. The van der Waals surface area contributed by atoms with Crippen LogP contribution in [0.4, 0.5) is 11.4 Å². The summed E-state index contributed by atoms with van der Waals surface area (Å²) in [5, 5.41) is 15.1. The molecule has 3 aliphatic rings. The van der Waals surface area contributed by atoms with Crippen LogP contribution < -0.4 is 10.2 Å². The van der Waals surface area contributed by atoms with Gasteiger partial charge in [-0.3, -0.25) is 24.1 Å². The Kier molecular flexibility index (Phi) is 12.8. The van der Waals surface area contributed by atoms with Gasteiger partial charge in [0.05, 0.1) is 10.7 Å². The number of hydrogen-bond acceptors (Lipinski definition) is 8. The molecule has 1 fully saturated rings. The predicted molar refractivity (Wildman–Crippen MR) is 194 cm³/mol. The largest absolute Gasteiger partial charge is 0.506 e. The number of thioether (sulfide) groups is 1. The zero-order valence-electron chi connectivity index (χ0n) is 29.8. The normalized spacial score (nSPS) is 18.1. The zero-order chi connectivity index (χ0) is 35.1. The number of imide groups is 1. The van der Waals surface area contributed by atoms with Gasteiger partial charge in [-0.05, 0) is 49.1 Å². The molecule has 0 aliphatic carbocycles.